The van der Waals surface area contributed by atoms with E-state index in [9.17, 15) is 0 Å². The van der Waals surface area contributed by atoms with Gasteiger partial charge in [-0.2, -0.15) is 4.98 Å². The Kier molecular flexibility index (Phi) is 2.11. The van der Waals surface area contributed by atoms with Crippen molar-refractivity contribution in [3.05, 3.63) is 54.1 Å². The molecular weight excluding hydrogens is 222 g/mol. The van der Waals surface area contributed by atoms with Crippen LogP contribution in [-0.4, -0.2) is 14.5 Å². The van der Waals surface area contributed by atoms with E-state index in [0.29, 0.717) is 0 Å². The molecule has 1 aromatic carbocycles. The molecule has 2 heterocycles. The quantitative estimate of drug-likeness (QED) is 0.601. The summed E-state index contributed by atoms with van der Waals surface area (Å²) in [7, 11) is 0. The van der Waals surface area contributed by atoms with Crippen molar-refractivity contribution in [2.75, 3.05) is 0 Å². The first-order chi connectivity index (χ1) is 7.84. The van der Waals surface area contributed by atoms with E-state index in [1.54, 1.807) is 6.20 Å². The predicted molar refractivity (Wildman–Crippen MR) is 63.9 cm³/mol. The minimum atomic E-state index is 0.260. The van der Waals surface area contributed by atoms with Crippen LogP contribution in [0.5, 0.6) is 0 Å². The summed E-state index contributed by atoms with van der Waals surface area (Å²) in [6.45, 7) is 0. The molecule has 0 atom stereocenters. The maximum atomic E-state index is 5.78. The summed E-state index contributed by atoms with van der Waals surface area (Å²) in [5, 5.41) is 1.44. The van der Waals surface area contributed by atoms with Gasteiger partial charge in [0.1, 0.15) is 5.82 Å². The van der Waals surface area contributed by atoms with E-state index in [1.165, 1.54) is 5.39 Å². The van der Waals surface area contributed by atoms with Crippen LogP contribution in [0.2, 0.25) is 5.28 Å². The van der Waals surface area contributed by atoms with Gasteiger partial charge in [0.05, 0.1) is 5.52 Å². The Morgan fingerprint density at radius 1 is 1.06 bits per heavy atom. The molecule has 0 saturated heterocycles. The lowest BCUT2D eigenvalue weighted by Gasteiger charge is -2.03. The lowest BCUT2D eigenvalue weighted by Crippen LogP contribution is -1.96. The fraction of sp³-hybridized carbons (Fsp3) is 0. The van der Waals surface area contributed by atoms with Crippen LogP contribution in [0.1, 0.15) is 0 Å². The van der Waals surface area contributed by atoms with Crippen LogP contribution < -0.4 is 0 Å². The maximum absolute atomic E-state index is 5.78. The highest BCUT2D eigenvalue weighted by Crippen LogP contribution is 2.19. The lowest BCUT2D eigenvalue weighted by molar-refractivity contribution is 1.01. The van der Waals surface area contributed by atoms with Gasteiger partial charge in [-0.1, -0.05) is 18.2 Å². The Hall–Kier alpha value is -1.87. The molecule has 0 radical (unpaired) electrons. The van der Waals surface area contributed by atoms with Crippen LogP contribution >= 0.6 is 11.6 Å². The van der Waals surface area contributed by atoms with Crippen LogP contribution in [0.25, 0.3) is 16.7 Å². The summed E-state index contributed by atoms with van der Waals surface area (Å²) >= 11 is 5.78. The molecule has 16 heavy (non-hydrogen) atoms. The van der Waals surface area contributed by atoms with Gasteiger partial charge in [0.15, 0.2) is 0 Å². The molecule has 0 aliphatic rings. The summed E-state index contributed by atoms with van der Waals surface area (Å²) < 4.78 is 1.99. The summed E-state index contributed by atoms with van der Waals surface area (Å²) in [5.74, 6) is 0.779. The van der Waals surface area contributed by atoms with Crippen molar-refractivity contribution in [3.63, 3.8) is 0 Å². The Bertz CT molecular complexity index is 645. The van der Waals surface area contributed by atoms with E-state index >= 15 is 0 Å². The van der Waals surface area contributed by atoms with Gasteiger partial charge in [-0.3, -0.25) is 0 Å². The molecule has 0 N–H and O–H groups in total. The van der Waals surface area contributed by atoms with Crippen molar-refractivity contribution in [1.29, 1.82) is 0 Å². The highest BCUT2D eigenvalue weighted by atomic mass is 35.5. The lowest BCUT2D eigenvalue weighted by atomic mass is 10.2. The van der Waals surface area contributed by atoms with Crippen molar-refractivity contribution in [3.8, 4) is 5.82 Å². The SMILES string of the molecule is Clc1nccc(-n2ccc3ccccc32)n1. The third kappa shape index (κ3) is 1.46. The number of halogens is 1. The number of rotatable bonds is 1. The van der Waals surface area contributed by atoms with E-state index in [1.807, 2.05) is 41.1 Å². The molecule has 0 saturated carbocycles. The second kappa shape index (κ2) is 3.61. The average molecular weight is 230 g/mol. The molecule has 0 aliphatic carbocycles. The number of aromatic nitrogens is 3. The Morgan fingerprint density at radius 2 is 1.94 bits per heavy atom. The number of para-hydroxylation sites is 1. The molecule has 3 nitrogen and oxygen atoms in total. The van der Waals surface area contributed by atoms with E-state index in [4.69, 9.17) is 11.6 Å². The molecule has 2 aromatic heterocycles. The fourth-order valence-corrected chi connectivity index (χ4v) is 1.89. The zero-order valence-corrected chi connectivity index (χ0v) is 9.09. The molecule has 0 unspecified atom stereocenters. The summed E-state index contributed by atoms with van der Waals surface area (Å²) in [6, 6.07) is 12.0. The third-order valence-electron chi connectivity index (χ3n) is 2.46. The van der Waals surface area contributed by atoms with Crippen molar-refractivity contribution < 1.29 is 0 Å². The number of fused-ring (bicyclic) bond motifs is 1. The first-order valence-electron chi connectivity index (χ1n) is 4.89. The number of nitrogens with zero attached hydrogens (tertiary/aromatic N) is 3. The van der Waals surface area contributed by atoms with Gasteiger partial charge in [0.25, 0.3) is 0 Å². The highest BCUT2D eigenvalue weighted by Gasteiger charge is 2.03. The van der Waals surface area contributed by atoms with Crippen molar-refractivity contribution >= 4 is 22.5 Å². The zero-order chi connectivity index (χ0) is 11.0. The Morgan fingerprint density at radius 3 is 2.81 bits per heavy atom. The molecule has 3 rings (SSSR count). The Balaban J connectivity index is 2.26. The number of hydrogen-bond donors (Lipinski definition) is 0. The molecule has 0 aliphatic heterocycles. The van der Waals surface area contributed by atoms with Gasteiger partial charge in [-0.05, 0) is 35.2 Å². The van der Waals surface area contributed by atoms with Crippen LogP contribution in [0.3, 0.4) is 0 Å². The van der Waals surface area contributed by atoms with E-state index < -0.39 is 0 Å². The van der Waals surface area contributed by atoms with Crippen LogP contribution in [-0.2, 0) is 0 Å². The molecule has 4 heteroatoms. The van der Waals surface area contributed by atoms with Gasteiger partial charge in [0, 0.05) is 12.4 Å². The van der Waals surface area contributed by atoms with Crippen molar-refractivity contribution in [2.45, 2.75) is 0 Å². The van der Waals surface area contributed by atoms with Gasteiger partial charge >= 0.3 is 0 Å². The second-order valence-corrected chi connectivity index (χ2v) is 3.77. The van der Waals surface area contributed by atoms with Gasteiger partial charge < -0.3 is 4.57 Å². The highest BCUT2D eigenvalue weighted by molar-refractivity contribution is 6.28. The van der Waals surface area contributed by atoms with Gasteiger partial charge in [0.2, 0.25) is 5.28 Å². The van der Waals surface area contributed by atoms with E-state index in [0.717, 1.165) is 11.3 Å². The largest absolute Gasteiger partial charge is 0.301 e. The zero-order valence-electron chi connectivity index (χ0n) is 8.34. The Labute approximate surface area is 97.3 Å². The van der Waals surface area contributed by atoms with Crippen LogP contribution in [0, 0.1) is 0 Å². The summed E-state index contributed by atoms with van der Waals surface area (Å²) in [6.07, 6.45) is 3.63. The predicted octanol–water partition coefficient (Wildman–Crippen LogP) is 3.07. The molecule has 0 fully saturated rings. The minimum Gasteiger partial charge on any atom is -0.301 e. The summed E-state index contributed by atoms with van der Waals surface area (Å²) in [4.78, 5) is 8.05. The van der Waals surface area contributed by atoms with Crippen molar-refractivity contribution in [2.24, 2.45) is 0 Å². The van der Waals surface area contributed by atoms with Crippen LogP contribution in [0.15, 0.2) is 48.8 Å². The third-order valence-corrected chi connectivity index (χ3v) is 2.64. The number of hydrogen-bond acceptors (Lipinski definition) is 2. The summed E-state index contributed by atoms with van der Waals surface area (Å²) in [5.41, 5.74) is 1.11. The van der Waals surface area contributed by atoms with Gasteiger partial charge in [-0.15, -0.1) is 0 Å². The average Bonchev–Trinajstić information content (AvgIpc) is 2.72. The minimum absolute atomic E-state index is 0.260. The maximum Gasteiger partial charge on any atom is 0.224 e. The van der Waals surface area contributed by atoms with E-state index in [2.05, 4.69) is 16.0 Å². The van der Waals surface area contributed by atoms with Crippen molar-refractivity contribution in [1.82, 2.24) is 14.5 Å². The molecule has 3 aromatic rings. The normalized spacial score (nSPS) is 10.8. The van der Waals surface area contributed by atoms with E-state index in [-0.39, 0.29) is 5.28 Å². The van der Waals surface area contributed by atoms with Crippen LogP contribution in [0.4, 0.5) is 0 Å². The molecule has 78 valence electrons. The first kappa shape index (κ1) is 9.36. The fourth-order valence-electron chi connectivity index (χ4n) is 1.74. The molecule has 0 amide bonds. The molecular formula is C12H8ClN3. The first-order valence-corrected chi connectivity index (χ1v) is 5.27. The monoisotopic (exact) mass is 229 g/mol. The molecule has 0 bridgehead atoms. The molecule has 0 spiro atoms. The topological polar surface area (TPSA) is 30.7 Å². The standard InChI is InChI=1S/C12H8ClN3/c13-12-14-7-5-11(15-12)16-8-6-9-3-1-2-4-10(9)16/h1-8H. The second-order valence-electron chi connectivity index (χ2n) is 3.43. The van der Waals surface area contributed by atoms with Gasteiger partial charge in [-0.25, -0.2) is 4.98 Å². The number of benzene rings is 1. The smallest absolute Gasteiger partial charge is 0.224 e.